The van der Waals surface area contributed by atoms with Crippen LogP contribution in [0, 0.1) is 0 Å². The first-order valence-electron chi connectivity index (χ1n) is 8.64. The summed E-state index contributed by atoms with van der Waals surface area (Å²) >= 11 is 0. The Labute approximate surface area is 146 Å². The zero-order valence-electron chi connectivity index (χ0n) is 14.1. The second-order valence-electron chi connectivity index (χ2n) is 6.24. The van der Waals surface area contributed by atoms with Gasteiger partial charge in [0.1, 0.15) is 6.10 Å². The second kappa shape index (κ2) is 8.89. The summed E-state index contributed by atoms with van der Waals surface area (Å²) < 4.78 is 11.2. The number of hydrogen-bond donors (Lipinski definition) is 2. The molecule has 8 heteroatoms. The maximum absolute atomic E-state index is 12.2. The standard InChI is InChI=1S/C17H24N4O4/c22-16(20-13-2-1-5-18-10-13)11-19-17(23)15-4-3-14(25-15)12-21-6-8-24-9-7-21/h1-2,5,10,14-15H,3-4,6-9,11-12H2,(H,19,23)(H,20,22)/t14-,15+/m1/s1. The Morgan fingerprint density at radius 1 is 1.28 bits per heavy atom. The molecule has 1 aromatic rings. The number of aromatic nitrogens is 1. The Morgan fingerprint density at radius 2 is 2.12 bits per heavy atom. The van der Waals surface area contributed by atoms with Gasteiger partial charge < -0.3 is 20.1 Å². The smallest absolute Gasteiger partial charge is 0.249 e. The summed E-state index contributed by atoms with van der Waals surface area (Å²) in [5.74, 6) is -0.518. The number of anilines is 1. The lowest BCUT2D eigenvalue weighted by Crippen LogP contribution is -2.42. The normalized spacial score (nSPS) is 24.0. The third-order valence-electron chi connectivity index (χ3n) is 4.33. The molecule has 2 aliphatic heterocycles. The van der Waals surface area contributed by atoms with Crippen LogP contribution in [-0.4, -0.2) is 73.3 Å². The lowest BCUT2D eigenvalue weighted by molar-refractivity contribution is -0.134. The van der Waals surface area contributed by atoms with Crippen LogP contribution in [0.4, 0.5) is 5.69 Å². The molecule has 8 nitrogen and oxygen atoms in total. The van der Waals surface area contributed by atoms with E-state index in [2.05, 4.69) is 20.5 Å². The highest BCUT2D eigenvalue weighted by Gasteiger charge is 2.32. The third-order valence-corrected chi connectivity index (χ3v) is 4.33. The van der Waals surface area contributed by atoms with Gasteiger partial charge in [-0.15, -0.1) is 0 Å². The van der Waals surface area contributed by atoms with Gasteiger partial charge >= 0.3 is 0 Å². The van der Waals surface area contributed by atoms with Gasteiger partial charge in [-0.2, -0.15) is 0 Å². The van der Waals surface area contributed by atoms with Crippen molar-refractivity contribution in [1.29, 1.82) is 0 Å². The predicted molar refractivity (Wildman–Crippen MR) is 91.0 cm³/mol. The first-order chi connectivity index (χ1) is 12.2. The molecule has 0 spiro atoms. The van der Waals surface area contributed by atoms with Crippen molar-refractivity contribution in [2.24, 2.45) is 0 Å². The maximum atomic E-state index is 12.2. The largest absolute Gasteiger partial charge is 0.379 e. The predicted octanol–water partition coefficient (Wildman–Crippen LogP) is 0.0161. The van der Waals surface area contributed by atoms with E-state index in [9.17, 15) is 9.59 Å². The van der Waals surface area contributed by atoms with Crippen molar-refractivity contribution in [2.45, 2.75) is 25.0 Å². The number of carbonyl (C=O) groups excluding carboxylic acids is 2. The van der Waals surface area contributed by atoms with Crippen molar-refractivity contribution in [1.82, 2.24) is 15.2 Å². The quantitative estimate of drug-likeness (QED) is 0.753. The van der Waals surface area contributed by atoms with E-state index in [-0.39, 0.29) is 24.5 Å². The number of rotatable bonds is 6. The van der Waals surface area contributed by atoms with Crippen LogP contribution in [0.5, 0.6) is 0 Å². The van der Waals surface area contributed by atoms with Crippen molar-refractivity contribution in [2.75, 3.05) is 44.7 Å². The van der Waals surface area contributed by atoms with E-state index in [0.717, 1.165) is 39.3 Å². The van der Waals surface area contributed by atoms with Gasteiger partial charge in [0.15, 0.2) is 0 Å². The minimum Gasteiger partial charge on any atom is -0.379 e. The molecule has 136 valence electrons. The average molecular weight is 348 g/mol. The molecule has 0 unspecified atom stereocenters. The molecular weight excluding hydrogens is 324 g/mol. The molecule has 2 fully saturated rings. The second-order valence-corrected chi connectivity index (χ2v) is 6.24. The van der Waals surface area contributed by atoms with Crippen molar-refractivity contribution in [3.05, 3.63) is 24.5 Å². The summed E-state index contributed by atoms with van der Waals surface area (Å²) in [7, 11) is 0. The van der Waals surface area contributed by atoms with Crippen molar-refractivity contribution in [3.63, 3.8) is 0 Å². The number of nitrogens with one attached hydrogen (secondary N) is 2. The molecule has 2 aliphatic rings. The van der Waals surface area contributed by atoms with Crippen LogP contribution in [-0.2, 0) is 19.1 Å². The summed E-state index contributed by atoms with van der Waals surface area (Å²) in [6, 6.07) is 3.47. The van der Waals surface area contributed by atoms with E-state index < -0.39 is 6.10 Å². The van der Waals surface area contributed by atoms with Crippen molar-refractivity contribution >= 4 is 17.5 Å². The number of pyridine rings is 1. The molecule has 2 atom stereocenters. The first kappa shape index (κ1) is 17.8. The van der Waals surface area contributed by atoms with Gasteiger partial charge in [-0.3, -0.25) is 19.5 Å². The summed E-state index contributed by atoms with van der Waals surface area (Å²) in [4.78, 5) is 30.2. The Morgan fingerprint density at radius 3 is 2.88 bits per heavy atom. The number of ether oxygens (including phenoxy) is 2. The molecule has 3 heterocycles. The van der Waals surface area contributed by atoms with E-state index >= 15 is 0 Å². The number of morpholine rings is 1. The van der Waals surface area contributed by atoms with Gasteiger partial charge in [-0.25, -0.2) is 0 Å². The molecule has 1 aromatic heterocycles. The van der Waals surface area contributed by atoms with Crippen LogP contribution in [0.15, 0.2) is 24.5 Å². The van der Waals surface area contributed by atoms with E-state index in [1.807, 2.05) is 0 Å². The number of carbonyl (C=O) groups is 2. The molecule has 25 heavy (non-hydrogen) atoms. The molecule has 0 saturated carbocycles. The van der Waals surface area contributed by atoms with Crippen molar-refractivity contribution < 1.29 is 19.1 Å². The Balaban J connectivity index is 1.36. The topological polar surface area (TPSA) is 92.8 Å². The molecular formula is C17H24N4O4. The molecule has 2 saturated heterocycles. The fourth-order valence-corrected chi connectivity index (χ4v) is 3.03. The monoisotopic (exact) mass is 348 g/mol. The van der Waals surface area contributed by atoms with Crippen molar-refractivity contribution in [3.8, 4) is 0 Å². The number of amides is 2. The fraction of sp³-hybridized carbons (Fsp3) is 0.588. The molecule has 3 rings (SSSR count). The minimum absolute atomic E-state index is 0.0677. The summed E-state index contributed by atoms with van der Waals surface area (Å²) in [6.45, 7) is 4.07. The van der Waals surface area contributed by atoms with Gasteiger partial charge in [-0.05, 0) is 25.0 Å². The number of nitrogens with zero attached hydrogens (tertiary/aromatic N) is 2. The Kier molecular flexibility index (Phi) is 6.32. The minimum atomic E-state index is -0.475. The van der Waals surface area contributed by atoms with Crippen LogP contribution in [0.25, 0.3) is 0 Å². The van der Waals surface area contributed by atoms with E-state index in [1.165, 1.54) is 0 Å². The summed E-state index contributed by atoms with van der Waals surface area (Å²) in [6.07, 6.45) is 4.32. The Bertz CT molecular complexity index is 577. The molecule has 0 aromatic carbocycles. The zero-order chi connectivity index (χ0) is 17.5. The van der Waals surface area contributed by atoms with Gasteiger partial charge in [0.05, 0.1) is 37.7 Å². The van der Waals surface area contributed by atoms with E-state index in [0.29, 0.717) is 12.1 Å². The van der Waals surface area contributed by atoms with Gasteiger partial charge in [-0.1, -0.05) is 0 Å². The third kappa shape index (κ3) is 5.48. The molecule has 0 aliphatic carbocycles. The van der Waals surface area contributed by atoms with Crippen LogP contribution in [0.3, 0.4) is 0 Å². The fourth-order valence-electron chi connectivity index (χ4n) is 3.03. The van der Waals surface area contributed by atoms with Gasteiger partial charge in [0, 0.05) is 25.8 Å². The SMILES string of the molecule is O=C(CNC(=O)[C@@H]1CC[C@H](CN2CCOCC2)O1)Nc1cccnc1. The van der Waals surface area contributed by atoms with Gasteiger partial charge in [0.2, 0.25) is 11.8 Å². The van der Waals surface area contributed by atoms with Crippen LogP contribution in [0.2, 0.25) is 0 Å². The lowest BCUT2D eigenvalue weighted by Gasteiger charge is -2.28. The molecule has 2 N–H and O–H groups in total. The molecule has 0 bridgehead atoms. The first-order valence-corrected chi connectivity index (χ1v) is 8.64. The molecule has 2 amide bonds. The summed E-state index contributed by atoms with van der Waals surface area (Å²) in [5.41, 5.74) is 0.601. The highest BCUT2D eigenvalue weighted by atomic mass is 16.5. The van der Waals surface area contributed by atoms with Crippen LogP contribution in [0.1, 0.15) is 12.8 Å². The van der Waals surface area contributed by atoms with Crippen LogP contribution < -0.4 is 10.6 Å². The highest BCUT2D eigenvalue weighted by Crippen LogP contribution is 2.21. The number of hydrogen-bond acceptors (Lipinski definition) is 6. The highest BCUT2D eigenvalue weighted by molar-refractivity contribution is 5.95. The van der Waals surface area contributed by atoms with E-state index in [1.54, 1.807) is 24.5 Å². The maximum Gasteiger partial charge on any atom is 0.249 e. The van der Waals surface area contributed by atoms with Crippen LogP contribution >= 0.6 is 0 Å². The van der Waals surface area contributed by atoms with E-state index in [4.69, 9.17) is 9.47 Å². The Hall–Kier alpha value is -2.03. The average Bonchev–Trinajstić information content (AvgIpc) is 3.10. The summed E-state index contributed by atoms with van der Waals surface area (Å²) in [5, 5.41) is 5.31. The van der Waals surface area contributed by atoms with Gasteiger partial charge in [0.25, 0.3) is 0 Å². The molecule has 0 radical (unpaired) electrons. The zero-order valence-corrected chi connectivity index (χ0v) is 14.1. The lowest BCUT2D eigenvalue weighted by atomic mass is 10.1.